The van der Waals surface area contributed by atoms with E-state index in [4.69, 9.17) is 5.73 Å². The van der Waals surface area contributed by atoms with Crippen molar-refractivity contribution in [3.8, 4) is 0 Å². The SMILES string of the molecule is Cc1nc(Cc2ccncc2)ncc1[C@H](C)N. The maximum atomic E-state index is 5.83. The number of aryl methyl sites for hydroxylation is 1. The number of rotatable bonds is 3. The molecular weight excluding hydrogens is 212 g/mol. The molecule has 0 aromatic carbocycles. The molecule has 2 aromatic rings. The van der Waals surface area contributed by atoms with Gasteiger partial charge in [0.25, 0.3) is 0 Å². The summed E-state index contributed by atoms with van der Waals surface area (Å²) in [6.45, 7) is 3.91. The number of aromatic nitrogens is 3. The summed E-state index contributed by atoms with van der Waals surface area (Å²) in [6.07, 6.45) is 6.10. The maximum absolute atomic E-state index is 5.83. The van der Waals surface area contributed by atoms with Gasteiger partial charge in [0.05, 0.1) is 0 Å². The molecule has 0 saturated heterocycles. The van der Waals surface area contributed by atoms with Crippen LogP contribution in [-0.4, -0.2) is 15.0 Å². The highest BCUT2D eigenvalue weighted by Crippen LogP contribution is 2.13. The second-order valence-electron chi connectivity index (χ2n) is 4.15. The molecule has 0 spiro atoms. The van der Waals surface area contributed by atoms with Crippen molar-refractivity contribution in [2.75, 3.05) is 0 Å². The monoisotopic (exact) mass is 228 g/mol. The van der Waals surface area contributed by atoms with E-state index >= 15 is 0 Å². The maximum Gasteiger partial charge on any atom is 0.132 e. The quantitative estimate of drug-likeness (QED) is 0.869. The minimum atomic E-state index is -0.0232. The Kier molecular flexibility index (Phi) is 3.44. The van der Waals surface area contributed by atoms with Gasteiger partial charge in [-0.1, -0.05) is 0 Å². The third-order valence-electron chi connectivity index (χ3n) is 2.67. The molecule has 1 atom stereocenters. The third kappa shape index (κ3) is 2.85. The van der Waals surface area contributed by atoms with E-state index in [-0.39, 0.29) is 6.04 Å². The molecule has 4 nitrogen and oxygen atoms in total. The van der Waals surface area contributed by atoms with Gasteiger partial charge in [-0.05, 0) is 31.5 Å². The van der Waals surface area contributed by atoms with Gasteiger partial charge in [0.15, 0.2) is 0 Å². The van der Waals surface area contributed by atoms with Gasteiger partial charge in [-0.15, -0.1) is 0 Å². The van der Waals surface area contributed by atoms with Crippen LogP contribution in [0.15, 0.2) is 30.7 Å². The molecule has 2 heterocycles. The molecule has 0 amide bonds. The molecule has 2 N–H and O–H groups in total. The summed E-state index contributed by atoms with van der Waals surface area (Å²) in [4.78, 5) is 12.8. The van der Waals surface area contributed by atoms with Crippen molar-refractivity contribution in [3.05, 3.63) is 53.4 Å². The molecule has 2 rings (SSSR count). The average Bonchev–Trinajstić information content (AvgIpc) is 2.30. The molecule has 2 aromatic heterocycles. The zero-order valence-electron chi connectivity index (χ0n) is 10.1. The van der Waals surface area contributed by atoms with Crippen LogP contribution in [0.1, 0.15) is 35.6 Å². The average molecular weight is 228 g/mol. The topological polar surface area (TPSA) is 64.7 Å². The number of hydrogen-bond donors (Lipinski definition) is 1. The zero-order chi connectivity index (χ0) is 12.3. The molecule has 0 aliphatic rings. The normalized spacial score (nSPS) is 12.4. The molecule has 0 aliphatic heterocycles. The lowest BCUT2D eigenvalue weighted by Crippen LogP contribution is -2.10. The number of nitrogens with zero attached hydrogens (tertiary/aromatic N) is 3. The predicted molar refractivity (Wildman–Crippen MR) is 66.4 cm³/mol. The van der Waals surface area contributed by atoms with E-state index in [2.05, 4.69) is 15.0 Å². The third-order valence-corrected chi connectivity index (χ3v) is 2.67. The first kappa shape index (κ1) is 11.7. The molecule has 0 fully saturated rings. The van der Waals surface area contributed by atoms with Gasteiger partial charge in [-0.25, -0.2) is 9.97 Å². The van der Waals surface area contributed by atoms with Gasteiger partial charge in [0.2, 0.25) is 0 Å². The number of hydrogen-bond acceptors (Lipinski definition) is 4. The second-order valence-corrected chi connectivity index (χ2v) is 4.15. The largest absolute Gasteiger partial charge is 0.324 e. The van der Waals surface area contributed by atoms with E-state index in [9.17, 15) is 0 Å². The lowest BCUT2D eigenvalue weighted by atomic mass is 10.1. The van der Waals surface area contributed by atoms with Gasteiger partial charge in [-0.2, -0.15) is 0 Å². The first-order valence-electron chi connectivity index (χ1n) is 5.63. The zero-order valence-corrected chi connectivity index (χ0v) is 10.1. The van der Waals surface area contributed by atoms with E-state index < -0.39 is 0 Å². The molecule has 88 valence electrons. The summed E-state index contributed by atoms with van der Waals surface area (Å²) in [5.74, 6) is 0.818. The Labute approximate surface area is 101 Å². The van der Waals surface area contributed by atoms with E-state index in [1.165, 1.54) is 0 Å². The Bertz CT molecular complexity index is 494. The van der Waals surface area contributed by atoms with Crippen molar-refractivity contribution < 1.29 is 0 Å². The van der Waals surface area contributed by atoms with E-state index in [0.29, 0.717) is 0 Å². The minimum Gasteiger partial charge on any atom is -0.324 e. The van der Waals surface area contributed by atoms with Crippen LogP contribution in [0.2, 0.25) is 0 Å². The fraction of sp³-hybridized carbons (Fsp3) is 0.308. The van der Waals surface area contributed by atoms with Crippen LogP contribution in [0.3, 0.4) is 0 Å². The summed E-state index contributed by atoms with van der Waals surface area (Å²) in [7, 11) is 0. The van der Waals surface area contributed by atoms with Crippen LogP contribution in [0.4, 0.5) is 0 Å². The molecule has 4 heteroatoms. The Morgan fingerprint density at radius 1 is 1.29 bits per heavy atom. The van der Waals surface area contributed by atoms with Crippen molar-refractivity contribution in [2.45, 2.75) is 26.3 Å². The van der Waals surface area contributed by atoms with Gasteiger partial charge >= 0.3 is 0 Å². The first-order valence-corrected chi connectivity index (χ1v) is 5.63. The smallest absolute Gasteiger partial charge is 0.132 e. The lowest BCUT2D eigenvalue weighted by molar-refractivity contribution is 0.776. The minimum absolute atomic E-state index is 0.0232. The van der Waals surface area contributed by atoms with Crippen LogP contribution >= 0.6 is 0 Å². The van der Waals surface area contributed by atoms with E-state index in [1.807, 2.05) is 32.2 Å². The molecule has 0 unspecified atom stereocenters. The number of nitrogens with two attached hydrogens (primary N) is 1. The highest BCUT2D eigenvalue weighted by molar-refractivity contribution is 5.22. The summed E-state index contributed by atoms with van der Waals surface area (Å²) < 4.78 is 0. The molecule has 17 heavy (non-hydrogen) atoms. The van der Waals surface area contributed by atoms with Crippen LogP contribution < -0.4 is 5.73 Å². The fourth-order valence-electron chi connectivity index (χ4n) is 1.74. The fourth-order valence-corrected chi connectivity index (χ4v) is 1.74. The molecule has 0 radical (unpaired) electrons. The van der Waals surface area contributed by atoms with Crippen molar-refractivity contribution >= 4 is 0 Å². The van der Waals surface area contributed by atoms with Gasteiger partial charge in [-0.3, -0.25) is 4.98 Å². The number of pyridine rings is 1. The lowest BCUT2D eigenvalue weighted by Gasteiger charge is -2.09. The second kappa shape index (κ2) is 5.01. The molecular formula is C13H16N4. The van der Waals surface area contributed by atoms with Gasteiger partial charge < -0.3 is 5.73 Å². The van der Waals surface area contributed by atoms with Crippen LogP contribution in [0, 0.1) is 6.92 Å². The highest BCUT2D eigenvalue weighted by atomic mass is 14.9. The van der Waals surface area contributed by atoms with Crippen LogP contribution in [0.5, 0.6) is 0 Å². The van der Waals surface area contributed by atoms with Gasteiger partial charge in [0.1, 0.15) is 5.82 Å². The van der Waals surface area contributed by atoms with Crippen molar-refractivity contribution in [2.24, 2.45) is 5.73 Å². The summed E-state index contributed by atoms with van der Waals surface area (Å²) in [6, 6.07) is 3.92. The predicted octanol–water partition coefficient (Wildman–Crippen LogP) is 1.79. The summed E-state index contributed by atoms with van der Waals surface area (Å²) >= 11 is 0. The summed E-state index contributed by atoms with van der Waals surface area (Å²) in [5.41, 5.74) is 8.95. The van der Waals surface area contributed by atoms with Crippen LogP contribution in [0.25, 0.3) is 0 Å². The molecule has 0 bridgehead atoms. The van der Waals surface area contributed by atoms with Crippen molar-refractivity contribution in [1.29, 1.82) is 0 Å². The highest BCUT2D eigenvalue weighted by Gasteiger charge is 2.07. The van der Waals surface area contributed by atoms with E-state index in [0.717, 1.165) is 29.1 Å². The Morgan fingerprint density at radius 3 is 2.59 bits per heavy atom. The molecule has 0 aliphatic carbocycles. The van der Waals surface area contributed by atoms with Crippen molar-refractivity contribution in [1.82, 2.24) is 15.0 Å². The Hall–Kier alpha value is -1.81. The Balaban J connectivity index is 2.21. The standard InChI is InChI=1S/C13H16N4/c1-9(14)12-8-16-13(17-10(12)2)7-11-3-5-15-6-4-11/h3-6,8-9H,7,14H2,1-2H3/t9-/m0/s1. The van der Waals surface area contributed by atoms with Crippen molar-refractivity contribution in [3.63, 3.8) is 0 Å². The van der Waals surface area contributed by atoms with E-state index in [1.54, 1.807) is 12.4 Å². The first-order chi connectivity index (χ1) is 8.16. The van der Waals surface area contributed by atoms with Crippen LogP contribution in [-0.2, 0) is 6.42 Å². The molecule has 0 saturated carbocycles. The summed E-state index contributed by atoms with van der Waals surface area (Å²) in [5, 5.41) is 0. The Morgan fingerprint density at radius 2 is 2.00 bits per heavy atom. The van der Waals surface area contributed by atoms with Gasteiger partial charge in [0, 0.05) is 42.3 Å².